The summed E-state index contributed by atoms with van der Waals surface area (Å²) in [5, 5.41) is 20.8. The van der Waals surface area contributed by atoms with Gasteiger partial charge in [-0.05, 0) is 19.3 Å². The Balaban J connectivity index is 3.09. The Morgan fingerprint density at radius 1 is 0.958 bits per heavy atom. The predicted molar refractivity (Wildman–Crippen MR) is 105 cm³/mol. The van der Waals surface area contributed by atoms with Crippen LogP contribution in [-0.4, -0.2) is 39.9 Å². The van der Waals surface area contributed by atoms with E-state index in [0.717, 1.165) is 57.0 Å². The van der Waals surface area contributed by atoms with Gasteiger partial charge in [0.1, 0.15) is 4.91 Å². The van der Waals surface area contributed by atoms with Crippen molar-refractivity contribution < 1.29 is 19.8 Å². The minimum absolute atomic E-state index is 0.0149. The summed E-state index contributed by atoms with van der Waals surface area (Å²) >= 11 is 2.55. The van der Waals surface area contributed by atoms with Crippen molar-refractivity contribution in [3.63, 3.8) is 0 Å². The normalized spacial score (nSPS) is 18.2. The van der Waals surface area contributed by atoms with E-state index in [0.29, 0.717) is 0 Å². The topological polar surface area (TPSA) is 77.4 Å². The highest BCUT2D eigenvalue weighted by atomic mass is 32.2. The molecule has 1 N–H and O–H groups in total. The van der Waals surface area contributed by atoms with Crippen molar-refractivity contribution in [3.8, 4) is 0 Å². The van der Waals surface area contributed by atoms with Crippen molar-refractivity contribution >= 4 is 42.7 Å². The summed E-state index contributed by atoms with van der Waals surface area (Å²) in [6, 6.07) is 0. The first-order chi connectivity index (χ1) is 11.4. The van der Waals surface area contributed by atoms with Gasteiger partial charge >= 0.3 is 5.97 Å². The van der Waals surface area contributed by atoms with Gasteiger partial charge in [-0.15, -0.1) is 0 Å². The highest BCUT2D eigenvalue weighted by Gasteiger charge is 2.50. The van der Waals surface area contributed by atoms with E-state index in [2.05, 4.69) is 20.8 Å². The molecule has 0 aliphatic carbocycles. The van der Waals surface area contributed by atoms with Crippen LogP contribution in [0.3, 0.4) is 0 Å². The molecule has 1 atom stereocenters. The minimum atomic E-state index is -1.42. The molecule has 0 radical (unpaired) electrons. The van der Waals surface area contributed by atoms with Crippen molar-refractivity contribution in [2.24, 2.45) is 0 Å². The lowest BCUT2D eigenvalue weighted by Gasteiger charge is -2.32. The molecule has 0 spiro atoms. The molecular formula is C17H29O4PS2. The van der Waals surface area contributed by atoms with Gasteiger partial charge in [0.05, 0.1) is 29.4 Å². The predicted octanol–water partition coefficient (Wildman–Crippen LogP) is 4.21. The summed E-state index contributed by atoms with van der Waals surface area (Å²) in [4.78, 5) is 22.8. The first-order valence-electron chi connectivity index (χ1n) is 8.79. The largest absolute Gasteiger partial charge is 0.544 e. The second kappa shape index (κ2) is 10.7. The third-order valence-electron chi connectivity index (χ3n) is 4.34. The summed E-state index contributed by atoms with van der Waals surface area (Å²) < 4.78 is 0.0705. The van der Waals surface area contributed by atoms with Crippen LogP contribution in [0.5, 0.6) is 0 Å². The number of carbonyl (C=O) groups excluding carboxylic acids is 1. The smallest absolute Gasteiger partial charge is 0.343 e. The summed E-state index contributed by atoms with van der Waals surface area (Å²) in [5.41, 5.74) is 0. The maximum absolute atomic E-state index is 11.5. The van der Waals surface area contributed by atoms with E-state index in [9.17, 15) is 19.8 Å². The Bertz CT molecular complexity index is 431. The summed E-state index contributed by atoms with van der Waals surface area (Å²) in [7, 11) is -1.42. The van der Waals surface area contributed by atoms with Crippen molar-refractivity contribution in [3.05, 3.63) is 9.81 Å². The molecule has 0 amide bonds. The first-order valence-corrected chi connectivity index (χ1v) is 13.0. The zero-order chi connectivity index (χ0) is 18.2. The Labute approximate surface area is 154 Å². The monoisotopic (exact) mass is 392 g/mol. The van der Waals surface area contributed by atoms with E-state index in [1.54, 1.807) is 0 Å². The molecule has 0 saturated carbocycles. The number of thioether (sulfide) groups is 2. The van der Waals surface area contributed by atoms with Gasteiger partial charge < -0.3 is 15.0 Å². The number of carboxylic acids is 2. The minimum Gasteiger partial charge on any atom is -0.544 e. The van der Waals surface area contributed by atoms with Crippen molar-refractivity contribution in [2.75, 3.05) is 18.5 Å². The number of aliphatic carboxylic acids is 2. The Morgan fingerprint density at radius 2 is 1.38 bits per heavy atom. The molecule has 24 heavy (non-hydrogen) atoms. The molecule has 0 aromatic carbocycles. The van der Waals surface area contributed by atoms with Gasteiger partial charge in [-0.25, -0.2) is 4.79 Å². The fourth-order valence-corrected chi connectivity index (χ4v) is 13.4. The molecular weight excluding hydrogens is 363 g/mol. The third kappa shape index (κ3) is 5.67. The van der Waals surface area contributed by atoms with Gasteiger partial charge in [-0.1, -0.05) is 63.6 Å². The van der Waals surface area contributed by atoms with Crippen LogP contribution in [0, 0.1) is 0 Å². The summed E-state index contributed by atoms with van der Waals surface area (Å²) in [6.45, 7) is 6.53. The van der Waals surface area contributed by atoms with Crippen LogP contribution in [0.4, 0.5) is 0 Å². The van der Waals surface area contributed by atoms with Crippen LogP contribution in [0.2, 0.25) is 0 Å². The zero-order valence-corrected chi connectivity index (χ0v) is 17.4. The molecule has 1 aliphatic rings. The average Bonchev–Trinajstić information content (AvgIpc) is 3.01. The molecule has 1 heterocycles. The van der Waals surface area contributed by atoms with Crippen molar-refractivity contribution in [2.45, 2.75) is 63.6 Å². The Hall–Kier alpha value is -0.190. The maximum Gasteiger partial charge on any atom is 0.343 e. The van der Waals surface area contributed by atoms with E-state index < -0.39 is 19.2 Å². The van der Waals surface area contributed by atoms with Crippen molar-refractivity contribution in [1.29, 1.82) is 0 Å². The molecule has 1 unspecified atom stereocenters. The molecule has 0 fully saturated rings. The molecule has 1 aliphatic heterocycles. The summed E-state index contributed by atoms with van der Waals surface area (Å²) in [5.74, 6) is -2.47. The number of unbranched alkanes of at least 4 members (excludes halogenated alkanes) is 3. The number of carboxylic acid groups (broad SMARTS) is 2. The van der Waals surface area contributed by atoms with Crippen LogP contribution in [0.15, 0.2) is 9.81 Å². The second-order valence-corrected chi connectivity index (χ2v) is 13.8. The summed E-state index contributed by atoms with van der Waals surface area (Å²) in [6.07, 6.45) is 10.2. The number of hydrogen-bond donors (Lipinski definition) is 1. The maximum atomic E-state index is 11.5. The quantitative estimate of drug-likeness (QED) is 0.501. The molecule has 7 heteroatoms. The molecule has 0 saturated heterocycles. The van der Waals surface area contributed by atoms with E-state index in [1.165, 1.54) is 23.5 Å². The fourth-order valence-electron chi connectivity index (χ4n) is 2.92. The van der Waals surface area contributed by atoms with Gasteiger partial charge in [0, 0.05) is 7.26 Å². The number of rotatable bonds is 12. The second-order valence-electron chi connectivity index (χ2n) is 6.24. The molecule has 1 rings (SSSR count). The average molecular weight is 393 g/mol. The Kier molecular flexibility index (Phi) is 9.76. The lowest BCUT2D eigenvalue weighted by molar-refractivity contribution is -0.298. The van der Waals surface area contributed by atoms with Crippen LogP contribution in [-0.2, 0) is 9.59 Å². The molecule has 138 valence electrons. The van der Waals surface area contributed by atoms with Crippen LogP contribution >= 0.6 is 30.8 Å². The lowest BCUT2D eigenvalue weighted by Crippen LogP contribution is -2.24. The van der Waals surface area contributed by atoms with Gasteiger partial charge in [0.15, 0.2) is 4.32 Å². The molecule has 0 aromatic rings. The Morgan fingerprint density at radius 3 is 1.67 bits per heavy atom. The third-order valence-corrected chi connectivity index (χ3v) is 14.5. The highest BCUT2D eigenvalue weighted by Crippen LogP contribution is 2.74. The molecule has 0 bridgehead atoms. The first kappa shape index (κ1) is 21.9. The van der Waals surface area contributed by atoms with E-state index in [-0.39, 0.29) is 14.1 Å². The van der Waals surface area contributed by atoms with Crippen LogP contribution in [0.1, 0.15) is 59.3 Å². The molecule has 4 nitrogen and oxygen atoms in total. The number of hydrogen-bond acceptors (Lipinski definition) is 5. The van der Waals surface area contributed by atoms with Crippen LogP contribution in [0.25, 0.3) is 0 Å². The standard InChI is InChI=1S/C17H29O4PS2/c1-4-7-10-22(11-8-5-2,12-9-6-3)17-23-13(15(18)19)14(24-17)16(20)21/h17H,4-12H2,1-3H3,(H-,18,19,20,21). The number of carbonyl (C=O) groups is 2. The van der Waals surface area contributed by atoms with Gasteiger partial charge in [-0.3, -0.25) is 0 Å². The SMILES string of the molecule is CCCC[P+](CCCC)(CCCC)C1SC(C(=O)[O-])=C(C(=O)O)S1. The fraction of sp³-hybridized carbons (Fsp3) is 0.765. The lowest BCUT2D eigenvalue weighted by atomic mass is 10.4. The van der Waals surface area contributed by atoms with E-state index in [4.69, 9.17) is 0 Å². The van der Waals surface area contributed by atoms with Gasteiger partial charge in [0.2, 0.25) is 0 Å². The molecule has 0 aromatic heterocycles. The van der Waals surface area contributed by atoms with Crippen LogP contribution < -0.4 is 5.11 Å². The van der Waals surface area contributed by atoms with E-state index in [1.807, 2.05) is 0 Å². The van der Waals surface area contributed by atoms with Gasteiger partial charge in [0.25, 0.3) is 0 Å². The van der Waals surface area contributed by atoms with Gasteiger partial charge in [-0.2, -0.15) is 0 Å². The highest BCUT2D eigenvalue weighted by molar-refractivity contribution is 8.32. The van der Waals surface area contributed by atoms with E-state index >= 15 is 0 Å². The van der Waals surface area contributed by atoms with Crippen molar-refractivity contribution in [1.82, 2.24) is 0 Å². The zero-order valence-electron chi connectivity index (χ0n) is 14.9.